The molecule has 0 aliphatic rings. The van der Waals surface area contributed by atoms with Crippen molar-refractivity contribution in [2.75, 3.05) is 5.73 Å². The van der Waals surface area contributed by atoms with E-state index in [0.29, 0.717) is 11.6 Å². The number of fused-ring (bicyclic) bond motifs is 1. The molecule has 0 fully saturated rings. The molecule has 3 aromatic rings. The maximum atomic E-state index is 5.90. The van der Waals surface area contributed by atoms with Gasteiger partial charge in [-0.2, -0.15) is 0 Å². The number of pyridine rings is 1. The van der Waals surface area contributed by atoms with E-state index >= 15 is 0 Å². The molecule has 0 saturated carbocycles. The average Bonchev–Trinajstić information content (AvgIpc) is 2.71. The van der Waals surface area contributed by atoms with Crippen molar-refractivity contribution in [3.63, 3.8) is 0 Å². The van der Waals surface area contributed by atoms with Gasteiger partial charge in [0.1, 0.15) is 11.4 Å². The maximum Gasteiger partial charge on any atom is 0.153 e. The lowest BCUT2D eigenvalue weighted by Crippen LogP contribution is -1.93. The van der Waals surface area contributed by atoms with E-state index in [1.54, 1.807) is 6.20 Å². The fraction of sp³-hybridized carbons (Fsp3) is 0. The van der Waals surface area contributed by atoms with E-state index in [1.807, 2.05) is 30.3 Å². The molecule has 3 rings (SSSR count). The lowest BCUT2D eigenvalue weighted by atomic mass is 10.2. The number of nitrogens with two attached hydrogens (primary N) is 1. The zero-order chi connectivity index (χ0) is 12.7. The standard InChI is InChI=1S/C13H8Br2N2O/c14-7-5-9(13(16)17-6-7)12-11(15)8-3-1-2-4-10(8)18-12/h1-6H,(H2,16,17). The van der Waals surface area contributed by atoms with Gasteiger partial charge < -0.3 is 10.2 Å². The second kappa shape index (κ2) is 4.40. The van der Waals surface area contributed by atoms with E-state index in [4.69, 9.17) is 10.2 Å². The first-order valence-electron chi connectivity index (χ1n) is 5.25. The summed E-state index contributed by atoms with van der Waals surface area (Å²) in [5.41, 5.74) is 7.49. The number of para-hydroxylation sites is 1. The molecule has 5 heteroatoms. The Kier molecular flexibility index (Phi) is 2.87. The third-order valence-electron chi connectivity index (χ3n) is 2.66. The summed E-state index contributed by atoms with van der Waals surface area (Å²) in [5.74, 6) is 1.14. The minimum Gasteiger partial charge on any atom is -0.455 e. The Labute approximate surface area is 120 Å². The third-order valence-corrected chi connectivity index (χ3v) is 3.89. The summed E-state index contributed by atoms with van der Waals surface area (Å²) in [6.07, 6.45) is 1.66. The van der Waals surface area contributed by atoms with E-state index in [0.717, 1.165) is 25.5 Å². The average molecular weight is 368 g/mol. The fourth-order valence-corrected chi connectivity index (χ4v) is 2.77. The van der Waals surface area contributed by atoms with Gasteiger partial charge in [-0.3, -0.25) is 0 Å². The Hall–Kier alpha value is -1.33. The van der Waals surface area contributed by atoms with Crippen LogP contribution in [0, 0.1) is 0 Å². The van der Waals surface area contributed by atoms with E-state index in [-0.39, 0.29) is 0 Å². The molecule has 0 bridgehead atoms. The number of aromatic nitrogens is 1. The molecule has 18 heavy (non-hydrogen) atoms. The largest absolute Gasteiger partial charge is 0.455 e. The van der Waals surface area contributed by atoms with Gasteiger partial charge in [0.25, 0.3) is 0 Å². The van der Waals surface area contributed by atoms with E-state index in [9.17, 15) is 0 Å². The molecule has 0 aliphatic heterocycles. The summed E-state index contributed by atoms with van der Waals surface area (Å²) in [5, 5.41) is 1.02. The molecule has 2 aromatic heterocycles. The molecule has 90 valence electrons. The molecule has 0 spiro atoms. The summed E-state index contributed by atoms with van der Waals surface area (Å²) in [6.45, 7) is 0. The SMILES string of the molecule is Nc1ncc(Br)cc1-c1oc2ccccc2c1Br. The molecular formula is C13H8Br2N2O. The number of nitrogen functional groups attached to an aromatic ring is 1. The minimum absolute atomic E-state index is 0.443. The Morgan fingerprint density at radius 2 is 1.94 bits per heavy atom. The number of hydrogen-bond acceptors (Lipinski definition) is 3. The van der Waals surface area contributed by atoms with Gasteiger partial charge >= 0.3 is 0 Å². The van der Waals surface area contributed by atoms with E-state index in [1.165, 1.54) is 0 Å². The van der Waals surface area contributed by atoms with Crippen molar-refractivity contribution in [2.45, 2.75) is 0 Å². The van der Waals surface area contributed by atoms with Crippen LogP contribution in [-0.2, 0) is 0 Å². The first-order chi connectivity index (χ1) is 8.66. The van der Waals surface area contributed by atoms with Gasteiger partial charge in [0.2, 0.25) is 0 Å². The summed E-state index contributed by atoms with van der Waals surface area (Å²) in [7, 11) is 0. The van der Waals surface area contributed by atoms with Crippen LogP contribution in [0.5, 0.6) is 0 Å². The molecule has 1 aromatic carbocycles. The predicted molar refractivity (Wildman–Crippen MR) is 79.3 cm³/mol. The van der Waals surface area contributed by atoms with Crippen LogP contribution in [0.2, 0.25) is 0 Å². The number of anilines is 1. The van der Waals surface area contributed by atoms with Crippen LogP contribution in [0.1, 0.15) is 0 Å². The minimum atomic E-state index is 0.443. The van der Waals surface area contributed by atoms with Gasteiger partial charge in [0.15, 0.2) is 5.76 Å². The van der Waals surface area contributed by atoms with Crippen LogP contribution < -0.4 is 5.73 Å². The van der Waals surface area contributed by atoms with Crippen molar-refractivity contribution in [1.29, 1.82) is 0 Å². The number of nitrogens with zero attached hydrogens (tertiary/aromatic N) is 1. The molecule has 0 amide bonds. The second-order valence-corrected chi connectivity index (χ2v) is 5.54. The second-order valence-electron chi connectivity index (χ2n) is 3.83. The molecule has 2 N–H and O–H groups in total. The maximum absolute atomic E-state index is 5.90. The Morgan fingerprint density at radius 3 is 2.72 bits per heavy atom. The number of furan rings is 1. The van der Waals surface area contributed by atoms with Crippen molar-refractivity contribution in [3.8, 4) is 11.3 Å². The van der Waals surface area contributed by atoms with Crippen molar-refractivity contribution in [3.05, 3.63) is 45.5 Å². The molecule has 0 unspecified atom stereocenters. The van der Waals surface area contributed by atoms with Crippen LogP contribution in [-0.4, -0.2) is 4.98 Å². The molecule has 0 radical (unpaired) electrons. The highest BCUT2D eigenvalue weighted by Gasteiger charge is 2.16. The number of benzene rings is 1. The highest BCUT2D eigenvalue weighted by molar-refractivity contribution is 9.11. The number of hydrogen-bond donors (Lipinski definition) is 1. The summed E-state index contributed by atoms with van der Waals surface area (Å²) in [6, 6.07) is 9.71. The highest BCUT2D eigenvalue weighted by atomic mass is 79.9. The van der Waals surface area contributed by atoms with Gasteiger partial charge in [-0.25, -0.2) is 4.98 Å². The predicted octanol–water partition coefficient (Wildman–Crippen LogP) is 4.60. The highest BCUT2D eigenvalue weighted by Crippen LogP contribution is 2.39. The van der Waals surface area contributed by atoms with Crippen molar-refractivity contribution in [1.82, 2.24) is 4.98 Å². The van der Waals surface area contributed by atoms with Gasteiger partial charge in [0.05, 0.1) is 10.0 Å². The topological polar surface area (TPSA) is 52.0 Å². The molecule has 0 aliphatic carbocycles. The van der Waals surface area contributed by atoms with Crippen molar-refractivity contribution < 1.29 is 4.42 Å². The molecular weight excluding hydrogens is 360 g/mol. The summed E-state index contributed by atoms with van der Waals surface area (Å²) >= 11 is 6.94. The van der Waals surface area contributed by atoms with Crippen LogP contribution in [0.3, 0.4) is 0 Å². The third kappa shape index (κ3) is 1.83. The Balaban J connectivity index is 2.31. The summed E-state index contributed by atoms with van der Waals surface area (Å²) in [4.78, 5) is 4.12. The monoisotopic (exact) mass is 366 g/mol. The van der Waals surface area contributed by atoms with E-state index in [2.05, 4.69) is 36.8 Å². The van der Waals surface area contributed by atoms with Gasteiger partial charge in [-0.1, -0.05) is 12.1 Å². The smallest absolute Gasteiger partial charge is 0.153 e. The quantitative estimate of drug-likeness (QED) is 0.683. The lowest BCUT2D eigenvalue weighted by molar-refractivity contribution is 0.630. The number of halogens is 2. The van der Waals surface area contributed by atoms with Gasteiger partial charge in [0, 0.05) is 16.1 Å². The Morgan fingerprint density at radius 1 is 1.17 bits per heavy atom. The zero-order valence-corrected chi connectivity index (χ0v) is 12.3. The van der Waals surface area contributed by atoms with Crippen molar-refractivity contribution >= 4 is 48.6 Å². The molecule has 3 nitrogen and oxygen atoms in total. The number of rotatable bonds is 1. The first kappa shape index (κ1) is 11.7. The molecule has 0 saturated heterocycles. The van der Waals surface area contributed by atoms with E-state index < -0.39 is 0 Å². The fourth-order valence-electron chi connectivity index (χ4n) is 1.82. The van der Waals surface area contributed by atoms with Crippen molar-refractivity contribution in [2.24, 2.45) is 0 Å². The van der Waals surface area contributed by atoms with Crippen LogP contribution in [0.15, 0.2) is 49.9 Å². The summed E-state index contributed by atoms with van der Waals surface area (Å²) < 4.78 is 7.59. The molecule has 0 atom stereocenters. The zero-order valence-electron chi connectivity index (χ0n) is 9.15. The van der Waals surface area contributed by atoms with Gasteiger partial charge in [-0.15, -0.1) is 0 Å². The van der Waals surface area contributed by atoms with Crippen LogP contribution in [0.4, 0.5) is 5.82 Å². The molecule has 2 heterocycles. The Bertz CT molecular complexity index is 737. The van der Waals surface area contributed by atoms with Crippen LogP contribution in [0.25, 0.3) is 22.3 Å². The first-order valence-corrected chi connectivity index (χ1v) is 6.84. The van der Waals surface area contributed by atoms with Gasteiger partial charge in [-0.05, 0) is 50.1 Å². The van der Waals surface area contributed by atoms with Crippen LogP contribution >= 0.6 is 31.9 Å². The lowest BCUT2D eigenvalue weighted by Gasteiger charge is -2.02. The normalized spacial score (nSPS) is 11.0.